The van der Waals surface area contributed by atoms with Gasteiger partial charge in [-0.25, -0.2) is 4.39 Å². The Balaban J connectivity index is 1.59. The topological polar surface area (TPSA) is 54.9 Å². The molecule has 0 aliphatic heterocycles. The number of nitrogens with zero attached hydrogens (tertiary/aromatic N) is 2. The molecule has 0 bridgehead atoms. The minimum Gasteiger partial charge on any atom is -0.346 e. The lowest BCUT2D eigenvalue weighted by Gasteiger charge is -2.20. The minimum absolute atomic E-state index is 0.0352. The zero-order chi connectivity index (χ0) is 24.6. The number of carbonyl (C=O) groups is 1. The highest BCUT2D eigenvalue weighted by molar-refractivity contribution is 7.99. The quantitative estimate of drug-likeness (QED) is 0.357. The van der Waals surface area contributed by atoms with Crippen molar-refractivity contribution in [3.05, 3.63) is 80.2 Å². The van der Waals surface area contributed by atoms with Crippen LogP contribution in [0.5, 0.6) is 0 Å². The smallest absolute Gasteiger partial charge is 0.291 e. The van der Waals surface area contributed by atoms with Crippen LogP contribution in [0, 0.1) is 19.7 Å². The molecular weight excluding hydrogens is 506 g/mol. The van der Waals surface area contributed by atoms with Crippen molar-refractivity contribution >= 4 is 40.9 Å². The van der Waals surface area contributed by atoms with Crippen molar-refractivity contribution in [3.8, 4) is 0 Å². The first-order valence-electron chi connectivity index (χ1n) is 10.5. The number of hydrogen-bond donors (Lipinski definition) is 1. The van der Waals surface area contributed by atoms with Gasteiger partial charge in [0.15, 0.2) is 5.15 Å². The Morgan fingerprint density at radius 3 is 2.59 bits per heavy atom. The summed E-state index contributed by atoms with van der Waals surface area (Å²) in [6.07, 6.45) is 1.86. The number of aromatic nitrogens is 2. The Labute approximate surface area is 209 Å². The minimum atomic E-state index is -3.42. The van der Waals surface area contributed by atoms with Crippen molar-refractivity contribution < 1.29 is 18.0 Å². The molecule has 4 nitrogen and oxygen atoms in total. The molecule has 0 atom stereocenters. The van der Waals surface area contributed by atoms with Gasteiger partial charge in [0.1, 0.15) is 10.8 Å². The van der Waals surface area contributed by atoms with E-state index in [4.69, 9.17) is 23.2 Å². The average molecular weight is 526 g/mol. The fraction of sp³-hybridized carbons (Fsp3) is 0.292. The van der Waals surface area contributed by atoms with Crippen LogP contribution in [0.4, 0.5) is 13.2 Å². The number of hydrogen-bond acceptors (Lipinski definition) is 4. The highest BCUT2D eigenvalue weighted by atomic mass is 35.5. The van der Waals surface area contributed by atoms with Gasteiger partial charge in [0.25, 0.3) is 11.8 Å². The third kappa shape index (κ3) is 5.19. The molecule has 0 saturated heterocycles. The SMILES string of the molecule is Cc1ccc(C(F)(F)CNC(=O)c2c(Sc3cccc(C4CC4)c3F)nnc(Cl)c2C)c(Cl)c1. The molecule has 2 aromatic carbocycles. The van der Waals surface area contributed by atoms with E-state index in [0.717, 1.165) is 30.2 Å². The molecule has 1 heterocycles. The molecule has 1 saturated carbocycles. The summed E-state index contributed by atoms with van der Waals surface area (Å²) in [6, 6.07) is 9.24. The summed E-state index contributed by atoms with van der Waals surface area (Å²) in [5.41, 5.74) is 1.18. The second-order valence-electron chi connectivity index (χ2n) is 8.20. The molecule has 3 aromatic rings. The van der Waals surface area contributed by atoms with Gasteiger partial charge in [-0.3, -0.25) is 4.79 Å². The molecule has 0 spiro atoms. The number of carbonyl (C=O) groups excluding carboxylic acids is 1. The lowest BCUT2D eigenvalue weighted by Crippen LogP contribution is -2.36. The first kappa shape index (κ1) is 24.8. The van der Waals surface area contributed by atoms with Crippen molar-refractivity contribution in [2.75, 3.05) is 6.54 Å². The van der Waals surface area contributed by atoms with E-state index in [2.05, 4.69) is 15.5 Å². The highest BCUT2D eigenvalue weighted by Gasteiger charge is 2.35. The largest absolute Gasteiger partial charge is 0.346 e. The molecule has 0 radical (unpaired) electrons. The second-order valence-corrected chi connectivity index (χ2v) is 10.00. The highest BCUT2D eigenvalue weighted by Crippen LogP contribution is 2.44. The Morgan fingerprint density at radius 2 is 1.91 bits per heavy atom. The van der Waals surface area contributed by atoms with Gasteiger partial charge in [-0.15, -0.1) is 10.2 Å². The Hall–Kier alpha value is -2.29. The van der Waals surface area contributed by atoms with Crippen molar-refractivity contribution in [2.24, 2.45) is 0 Å². The first-order valence-corrected chi connectivity index (χ1v) is 12.1. The summed E-state index contributed by atoms with van der Waals surface area (Å²) >= 11 is 13.0. The summed E-state index contributed by atoms with van der Waals surface area (Å²) in [7, 11) is 0. The summed E-state index contributed by atoms with van der Waals surface area (Å²) in [6.45, 7) is 2.27. The van der Waals surface area contributed by atoms with E-state index in [1.54, 1.807) is 25.1 Å². The van der Waals surface area contributed by atoms with E-state index in [9.17, 15) is 13.6 Å². The summed E-state index contributed by atoms with van der Waals surface area (Å²) in [4.78, 5) is 13.3. The Morgan fingerprint density at radius 1 is 1.18 bits per heavy atom. The number of nitrogens with one attached hydrogen (secondary N) is 1. The molecule has 10 heteroatoms. The number of benzene rings is 2. The number of halogens is 5. The summed E-state index contributed by atoms with van der Waals surface area (Å²) in [5, 5.41) is 9.96. The Bertz CT molecular complexity index is 1270. The standard InChI is InChI=1S/C24H20Cl2F3N3OS/c1-12-6-9-16(17(25)10-12)24(28,29)11-30-22(33)19-13(2)21(26)31-32-23(19)34-18-5-3-4-15(20(18)27)14-7-8-14/h3-6,9-10,14H,7-8,11H2,1-2H3,(H,30,33). The maximum absolute atomic E-state index is 15.0. The van der Waals surface area contributed by atoms with Crippen LogP contribution in [0.25, 0.3) is 0 Å². The molecule has 4 rings (SSSR count). The van der Waals surface area contributed by atoms with Crippen molar-refractivity contribution in [1.29, 1.82) is 0 Å². The summed E-state index contributed by atoms with van der Waals surface area (Å²) in [5.74, 6) is -4.43. The monoisotopic (exact) mass is 525 g/mol. The van der Waals surface area contributed by atoms with Crippen LogP contribution < -0.4 is 5.32 Å². The second kappa shape index (κ2) is 9.76. The lowest BCUT2D eigenvalue weighted by molar-refractivity contribution is -0.00242. The first-order chi connectivity index (χ1) is 16.1. The number of rotatable bonds is 7. The van der Waals surface area contributed by atoms with E-state index in [-0.39, 0.29) is 43.0 Å². The van der Waals surface area contributed by atoms with E-state index < -0.39 is 23.9 Å². The summed E-state index contributed by atoms with van der Waals surface area (Å²) < 4.78 is 44.7. The molecule has 0 unspecified atom stereocenters. The number of aryl methyl sites for hydroxylation is 1. The van der Waals surface area contributed by atoms with Crippen LogP contribution in [0.2, 0.25) is 10.2 Å². The van der Waals surface area contributed by atoms with Crippen molar-refractivity contribution in [3.63, 3.8) is 0 Å². The third-order valence-electron chi connectivity index (χ3n) is 5.56. The molecule has 1 aliphatic rings. The predicted octanol–water partition coefficient (Wildman–Crippen LogP) is 7.09. The normalized spacial score (nSPS) is 13.7. The maximum Gasteiger partial charge on any atom is 0.291 e. The predicted molar refractivity (Wildman–Crippen MR) is 127 cm³/mol. The zero-order valence-corrected chi connectivity index (χ0v) is 20.6. The van der Waals surface area contributed by atoms with Crippen molar-refractivity contribution in [2.45, 2.75) is 48.5 Å². The molecule has 1 N–H and O–H groups in total. The molecular formula is C24H20Cl2F3N3OS. The van der Waals surface area contributed by atoms with Gasteiger partial charge in [0.05, 0.1) is 17.1 Å². The van der Waals surface area contributed by atoms with Gasteiger partial charge in [-0.2, -0.15) is 8.78 Å². The molecule has 1 aliphatic carbocycles. The van der Waals surface area contributed by atoms with E-state index in [1.807, 2.05) is 0 Å². The third-order valence-corrected chi connectivity index (χ3v) is 7.25. The van der Waals surface area contributed by atoms with Crippen molar-refractivity contribution in [1.82, 2.24) is 15.5 Å². The van der Waals surface area contributed by atoms with Gasteiger partial charge in [0.2, 0.25) is 0 Å². The van der Waals surface area contributed by atoms with E-state index >= 15 is 4.39 Å². The zero-order valence-electron chi connectivity index (χ0n) is 18.3. The maximum atomic E-state index is 15.0. The molecule has 34 heavy (non-hydrogen) atoms. The van der Waals surface area contributed by atoms with Gasteiger partial charge in [0, 0.05) is 16.0 Å². The van der Waals surface area contributed by atoms with Crippen LogP contribution in [0.3, 0.4) is 0 Å². The Kier molecular flexibility index (Phi) is 7.12. The molecule has 1 amide bonds. The van der Waals surface area contributed by atoms with Crippen LogP contribution in [0.1, 0.15) is 51.4 Å². The van der Waals surface area contributed by atoms with E-state index in [0.29, 0.717) is 5.56 Å². The van der Waals surface area contributed by atoms with E-state index in [1.165, 1.54) is 25.1 Å². The van der Waals surface area contributed by atoms with Gasteiger partial charge >= 0.3 is 0 Å². The average Bonchev–Trinajstić information content (AvgIpc) is 3.61. The molecule has 178 valence electrons. The van der Waals surface area contributed by atoms with Gasteiger partial charge in [-0.1, -0.05) is 59.2 Å². The number of amides is 1. The molecule has 1 fully saturated rings. The number of alkyl halides is 2. The van der Waals surface area contributed by atoms with Gasteiger partial charge < -0.3 is 5.32 Å². The van der Waals surface area contributed by atoms with Gasteiger partial charge in [-0.05, 0) is 55.9 Å². The fourth-order valence-electron chi connectivity index (χ4n) is 3.53. The fourth-order valence-corrected chi connectivity index (χ4v) is 5.03. The van der Waals surface area contributed by atoms with Crippen LogP contribution >= 0.6 is 35.0 Å². The molecule has 1 aromatic heterocycles. The lowest BCUT2D eigenvalue weighted by atomic mass is 10.1. The van der Waals surface area contributed by atoms with Crippen LogP contribution in [-0.4, -0.2) is 22.6 Å². The van der Waals surface area contributed by atoms with Crippen LogP contribution in [0.15, 0.2) is 46.3 Å². The van der Waals surface area contributed by atoms with Crippen LogP contribution in [-0.2, 0) is 5.92 Å².